The van der Waals surface area contributed by atoms with Crippen molar-refractivity contribution in [1.82, 2.24) is 0 Å². The summed E-state index contributed by atoms with van der Waals surface area (Å²) >= 11 is 0. The molecule has 0 amide bonds. The minimum Gasteiger partial charge on any atom is -0.310 e. The van der Waals surface area contributed by atoms with E-state index in [-0.39, 0.29) is 27.6 Å². The van der Waals surface area contributed by atoms with Gasteiger partial charge in [-0.25, -0.2) is 0 Å². The fraction of sp³-hybridized carbons (Fsp3) is 0.259. The van der Waals surface area contributed by atoms with Crippen molar-refractivity contribution in [3.05, 3.63) is 488 Å². The number of aryl methyl sites for hydroxylation is 4. The highest BCUT2D eigenvalue weighted by atomic mass is 15.2. The minimum absolute atomic E-state index is 0.0444. The van der Waals surface area contributed by atoms with Crippen LogP contribution in [0.1, 0.15) is 218 Å². The molecule has 0 saturated heterocycles. The number of anilines is 6. The molecule has 15 aliphatic rings. The third-order valence-electron chi connectivity index (χ3n) is 39.3. The minimum atomic E-state index is -0.435. The van der Waals surface area contributed by atoms with Gasteiger partial charge in [-0.05, 0) is 448 Å². The van der Waals surface area contributed by atoms with Gasteiger partial charge >= 0.3 is 0 Å². The Labute approximate surface area is 857 Å². The maximum atomic E-state index is 2.63. The predicted octanol–water partition coefficient (Wildman–Crippen LogP) is 37.2. The molecule has 15 aliphatic carbocycles. The van der Waals surface area contributed by atoms with Crippen LogP contribution in [0.3, 0.4) is 0 Å². The first-order chi connectivity index (χ1) is 70.7. The summed E-state index contributed by atoms with van der Waals surface area (Å²) in [4.78, 5) is 5.23. The SMILES string of the molecule is Cc1cc(-c2ccc(C3C4CC5CC(C4)CC3C5)cc2)cc(C)c1N(c1ccc2c(c1)C(C)(C)c1cc(-c3ccccc3)ccc1-2)c1ccc2c(c1)C1(c3ccccc3-2)c2ccccc2C(C)(C)C2C=CC=CC21.Cc1cc(-c2ccc(C3C4CC5CC(C4)CC3C5)cc2)cc(C)c1N(c1ccc2c(c1)C(C)(C)c1cc(-c3ccccc3)ccc1-2)c1ccc2c(c1)C1(c3ccccc3-c3ccccc31)c1ccccc1-2. The average molecular weight is 1870 g/mol. The maximum absolute atomic E-state index is 2.63. The normalized spacial score (nSPS) is 24.0. The van der Waals surface area contributed by atoms with Crippen molar-refractivity contribution >= 4 is 34.1 Å². The standard InChI is InChI=1S/C73H67N.C70H59N/c1-44-34-52(49-24-26-50(27-25-49)69-53-37-46-36-47(39-53)40-54(69)38-46)35-45(2)70(44)74(55-29-32-59-58-31-28-51(48-16-8-7-9-17-48)41-66(58)72(5,6)67(59)42-55)56-30-33-60-57-18-10-11-19-61(57)73(68(60)43-56)64-22-14-12-20-62(64)71(3,4)63-21-13-15-23-65(63)73;1-42-32-50(47-22-24-48(25-23-47)67-51-35-44-34-45(37-51)38-52(67)36-44)33-43(2)68(42)71(53-27-30-59-58-29-26-49(46-14-6-5-7-15-46)39-64(58)69(3,4)65(59)40-53)54-28-31-60-57-18-10-13-21-63(57)70(66(60)41-54)61-19-11-8-16-55(61)56-17-9-12-20-62(56)70/h7-35,41-43,46-47,53-54,62,64,69H,36-40H2,1-6H3;5-33,39-41,44-45,51-52,67H,34-38H2,1-4H3. The lowest BCUT2D eigenvalue weighted by Crippen LogP contribution is -2.51. The van der Waals surface area contributed by atoms with Crippen LogP contribution < -0.4 is 9.80 Å². The van der Waals surface area contributed by atoms with Gasteiger partial charge in [0, 0.05) is 39.5 Å². The van der Waals surface area contributed by atoms with E-state index in [0.717, 1.165) is 59.2 Å². The van der Waals surface area contributed by atoms with Gasteiger partial charge in [-0.1, -0.05) is 345 Å². The highest BCUT2D eigenvalue weighted by molar-refractivity contribution is 5.99. The summed E-state index contributed by atoms with van der Waals surface area (Å²) in [6, 6.07) is 141. The molecule has 0 aliphatic heterocycles. The summed E-state index contributed by atoms with van der Waals surface area (Å²) in [7, 11) is 0. The summed E-state index contributed by atoms with van der Waals surface area (Å²) in [6.45, 7) is 24.1. The van der Waals surface area contributed by atoms with Crippen LogP contribution in [0, 0.1) is 86.9 Å². The fourth-order valence-corrected chi connectivity index (χ4v) is 33.6. The lowest BCUT2D eigenvalue weighted by Gasteiger charge is -2.54. The van der Waals surface area contributed by atoms with E-state index in [1.165, 1.54) is 287 Å². The summed E-state index contributed by atoms with van der Waals surface area (Å²) in [5.41, 5.74) is 54.6. The second kappa shape index (κ2) is 32.4. The Kier molecular flexibility index (Phi) is 19.5. The van der Waals surface area contributed by atoms with Gasteiger partial charge in [0.15, 0.2) is 0 Å². The summed E-state index contributed by atoms with van der Waals surface area (Å²) in [5.74, 6) is 9.58. The van der Waals surface area contributed by atoms with E-state index in [9.17, 15) is 0 Å². The van der Waals surface area contributed by atoms with Crippen molar-refractivity contribution in [3.8, 4) is 100 Å². The summed E-state index contributed by atoms with van der Waals surface area (Å²) in [6.07, 6.45) is 24.3. The molecule has 0 aromatic heterocycles. The van der Waals surface area contributed by atoms with Gasteiger partial charge in [-0.2, -0.15) is 0 Å². The Morgan fingerprint density at radius 2 is 0.497 bits per heavy atom. The molecule has 8 saturated carbocycles. The van der Waals surface area contributed by atoms with Crippen LogP contribution in [0.4, 0.5) is 34.1 Å². The van der Waals surface area contributed by atoms with E-state index < -0.39 is 5.41 Å². The van der Waals surface area contributed by atoms with Crippen molar-refractivity contribution in [2.45, 2.75) is 172 Å². The molecule has 0 radical (unpaired) electrons. The van der Waals surface area contributed by atoms with E-state index in [2.05, 4.69) is 467 Å². The number of hydrogen-bond donors (Lipinski definition) is 0. The van der Waals surface area contributed by atoms with Crippen molar-refractivity contribution < 1.29 is 0 Å². The number of rotatable bonds is 12. The van der Waals surface area contributed by atoms with Crippen LogP contribution in [-0.2, 0) is 27.1 Å². The van der Waals surface area contributed by atoms with E-state index in [1.54, 1.807) is 11.1 Å². The molecule has 0 heterocycles. The molecule has 2 nitrogen and oxygen atoms in total. The molecular formula is C143H126N2. The number of hydrogen-bond acceptors (Lipinski definition) is 2. The lowest BCUT2D eigenvalue weighted by molar-refractivity contribution is -0.00283. The number of benzene rings is 17. The molecule has 8 bridgehead atoms. The van der Waals surface area contributed by atoms with E-state index in [4.69, 9.17) is 0 Å². The number of nitrogens with zero attached hydrogens (tertiary/aromatic N) is 2. The molecule has 17 aromatic carbocycles. The molecule has 3 unspecified atom stereocenters. The molecule has 2 heteroatoms. The van der Waals surface area contributed by atoms with Crippen LogP contribution in [-0.4, -0.2) is 0 Å². The van der Waals surface area contributed by atoms with Crippen LogP contribution in [0.2, 0.25) is 0 Å². The maximum Gasteiger partial charge on any atom is 0.0726 e. The zero-order chi connectivity index (χ0) is 97.2. The third-order valence-corrected chi connectivity index (χ3v) is 39.3. The van der Waals surface area contributed by atoms with Gasteiger partial charge in [-0.15, -0.1) is 0 Å². The van der Waals surface area contributed by atoms with Gasteiger partial charge in [-0.3, -0.25) is 0 Å². The Morgan fingerprint density at radius 3 is 0.890 bits per heavy atom. The molecule has 0 N–H and O–H groups in total. The first kappa shape index (κ1) is 87.4. The number of fused-ring (bicyclic) bond motifs is 25. The van der Waals surface area contributed by atoms with Gasteiger partial charge in [0.25, 0.3) is 0 Å². The summed E-state index contributed by atoms with van der Waals surface area (Å²) < 4.78 is 0. The Bertz CT molecular complexity index is 8140. The van der Waals surface area contributed by atoms with Crippen LogP contribution >= 0.6 is 0 Å². The molecule has 145 heavy (non-hydrogen) atoms. The monoisotopic (exact) mass is 1870 g/mol. The van der Waals surface area contributed by atoms with Crippen LogP contribution in [0.5, 0.6) is 0 Å². The van der Waals surface area contributed by atoms with Crippen molar-refractivity contribution in [1.29, 1.82) is 0 Å². The average Bonchev–Trinajstić information content (AvgIpc) is 1.52. The fourth-order valence-electron chi connectivity index (χ4n) is 33.6. The quantitative estimate of drug-likeness (QED) is 0.120. The third kappa shape index (κ3) is 12.9. The summed E-state index contributed by atoms with van der Waals surface area (Å²) in [5, 5.41) is 0. The highest BCUT2D eigenvalue weighted by Gasteiger charge is 2.60. The first-order valence-electron chi connectivity index (χ1n) is 54.6. The van der Waals surface area contributed by atoms with Gasteiger partial charge in [0.2, 0.25) is 0 Å². The van der Waals surface area contributed by atoms with E-state index >= 15 is 0 Å². The highest BCUT2D eigenvalue weighted by Crippen LogP contribution is 2.70. The zero-order valence-corrected chi connectivity index (χ0v) is 85.3. The predicted molar refractivity (Wildman–Crippen MR) is 604 cm³/mol. The smallest absolute Gasteiger partial charge is 0.0726 e. The molecule has 3 atom stereocenters. The Balaban J connectivity index is 0.000000138. The lowest BCUT2D eigenvalue weighted by atomic mass is 9.48. The Hall–Kier alpha value is -14.2. The van der Waals surface area contributed by atoms with Crippen molar-refractivity contribution in [3.63, 3.8) is 0 Å². The van der Waals surface area contributed by atoms with Crippen LogP contribution in [0.15, 0.2) is 388 Å². The molecule has 8 fully saturated rings. The van der Waals surface area contributed by atoms with Crippen molar-refractivity contribution in [2.75, 3.05) is 9.80 Å². The number of allylic oxidation sites excluding steroid dienone is 4. The second-order valence-electron chi connectivity index (χ2n) is 48.0. The second-order valence-corrected chi connectivity index (χ2v) is 48.0. The zero-order valence-electron chi connectivity index (χ0n) is 85.3. The van der Waals surface area contributed by atoms with E-state index in [0.29, 0.717) is 5.92 Å². The molecule has 32 rings (SSSR count). The van der Waals surface area contributed by atoms with Gasteiger partial charge in [0.1, 0.15) is 0 Å². The van der Waals surface area contributed by atoms with Crippen molar-refractivity contribution in [2.24, 2.45) is 59.2 Å². The Morgan fingerprint density at radius 1 is 0.214 bits per heavy atom. The van der Waals surface area contributed by atoms with Gasteiger partial charge < -0.3 is 9.80 Å². The topological polar surface area (TPSA) is 6.48 Å². The largest absolute Gasteiger partial charge is 0.310 e. The van der Waals surface area contributed by atoms with Crippen LogP contribution in [0.25, 0.3) is 100 Å². The van der Waals surface area contributed by atoms with Gasteiger partial charge in [0.05, 0.1) is 22.2 Å². The first-order valence-corrected chi connectivity index (χ1v) is 54.6. The molecule has 2 spiro atoms. The molecule has 708 valence electrons. The van der Waals surface area contributed by atoms with E-state index in [1.807, 2.05) is 0 Å². The molecule has 17 aromatic rings. The molecular weight excluding hydrogens is 1750 g/mol.